The molecule has 0 saturated carbocycles. The van der Waals surface area contributed by atoms with E-state index in [1.54, 1.807) is 18.2 Å². The molecular formula is C10H7ClN2. The molecule has 64 valence electrons. The Labute approximate surface area is 82.1 Å². The molecule has 0 radical (unpaired) electrons. The van der Waals surface area contributed by atoms with Gasteiger partial charge in [0.2, 0.25) is 0 Å². The molecule has 0 fully saturated rings. The smallest absolute Gasteiger partial charge is 0.103 e. The monoisotopic (exact) mass is 190 g/mol. The van der Waals surface area contributed by atoms with Crippen molar-refractivity contribution in [2.75, 3.05) is 11.9 Å². The first-order valence-electron chi connectivity index (χ1n) is 3.65. The lowest BCUT2D eigenvalue weighted by Gasteiger charge is -2.05. The van der Waals surface area contributed by atoms with Crippen LogP contribution in [-0.4, -0.2) is 6.54 Å². The third-order valence-corrected chi connectivity index (χ3v) is 1.82. The van der Waals surface area contributed by atoms with Gasteiger partial charge in [-0.15, -0.1) is 6.42 Å². The van der Waals surface area contributed by atoms with Crippen molar-refractivity contribution in [3.63, 3.8) is 0 Å². The third-order valence-electron chi connectivity index (χ3n) is 1.51. The zero-order valence-corrected chi connectivity index (χ0v) is 7.60. The highest BCUT2D eigenvalue weighted by Crippen LogP contribution is 2.22. The van der Waals surface area contributed by atoms with E-state index in [0.29, 0.717) is 22.8 Å². The van der Waals surface area contributed by atoms with Crippen molar-refractivity contribution in [1.29, 1.82) is 5.26 Å². The SMILES string of the molecule is C#CCNc1cccc(Cl)c1C#N. The normalized spacial score (nSPS) is 8.54. The second-order valence-corrected chi connectivity index (χ2v) is 2.74. The second kappa shape index (κ2) is 4.40. The van der Waals surface area contributed by atoms with E-state index in [4.69, 9.17) is 23.3 Å². The average molecular weight is 191 g/mol. The predicted molar refractivity (Wildman–Crippen MR) is 53.5 cm³/mol. The van der Waals surface area contributed by atoms with E-state index < -0.39 is 0 Å². The third kappa shape index (κ3) is 2.15. The summed E-state index contributed by atoms with van der Waals surface area (Å²) >= 11 is 5.79. The lowest BCUT2D eigenvalue weighted by Crippen LogP contribution is -2.00. The van der Waals surface area contributed by atoms with Crippen LogP contribution in [0, 0.1) is 23.7 Å². The lowest BCUT2D eigenvalue weighted by molar-refractivity contribution is 1.36. The molecule has 0 aliphatic carbocycles. The Morgan fingerprint density at radius 2 is 2.31 bits per heavy atom. The van der Waals surface area contributed by atoms with Gasteiger partial charge in [-0.1, -0.05) is 23.6 Å². The molecular weight excluding hydrogens is 184 g/mol. The summed E-state index contributed by atoms with van der Waals surface area (Å²) in [6, 6.07) is 7.21. The van der Waals surface area contributed by atoms with Crippen LogP contribution in [0.4, 0.5) is 5.69 Å². The largest absolute Gasteiger partial charge is 0.373 e. The average Bonchev–Trinajstić information content (AvgIpc) is 2.15. The van der Waals surface area contributed by atoms with Gasteiger partial charge < -0.3 is 5.32 Å². The molecule has 1 aromatic carbocycles. The Hall–Kier alpha value is -1.64. The van der Waals surface area contributed by atoms with Crippen LogP contribution in [0.1, 0.15) is 5.56 Å². The first-order chi connectivity index (χ1) is 6.29. The highest BCUT2D eigenvalue weighted by Gasteiger charge is 2.03. The number of anilines is 1. The summed E-state index contributed by atoms with van der Waals surface area (Å²) in [7, 11) is 0. The Kier molecular flexibility index (Phi) is 3.20. The Morgan fingerprint density at radius 3 is 2.92 bits per heavy atom. The standard InChI is InChI=1S/C10H7ClN2/c1-2-6-13-10-5-3-4-9(11)8(10)7-12/h1,3-5,13H,6H2. The highest BCUT2D eigenvalue weighted by atomic mass is 35.5. The van der Waals surface area contributed by atoms with Gasteiger partial charge in [0.15, 0.2) is 0 Å². The fourth-order valence-corrected chi connectivity index (χ4v) is 1.15. The summed E-state index contributed by atoms with van der Waals surface area (Å²) in [5.74, 6) is 2.42. The Morgan fingerprint density at radius 1 is 1.54 bits per heavy atom. The molecule has 0 aliphatic heterocycles. The zero-order chi connectivity index (χ0) is 9.68. The molecule has 1 N–H and O–H groups in total. The van der Waals surface area contributed by atoms with Crippen molar-refractivity contribution in [3.05, 3.63) is 28.8 Å². The minimum Gasteiger partial charge on any atom is -0.373 e. The maximum Gasteiger partial charge on any atom is 0.103 e. The van der Waals surface area contributed by atoms with Crippen molar-refractivity contribution in [2.45, 2.75) is 0 Å². The van der Waals surface area contributed by atoms with E-state index in [9.17, 15) is 0 Å². The van der Waals surface area contributed by atoms with Gasteiger partial charge in [-0.2, -0.15) is 5.26 Å². The summed E-state index contributed by atoms with van der Waals surface area (Å²) in [5, 5.41) is 12.1. The van der Waals surface area contributed by atoms with E-state index in [1.807, 2.05) is 6.07 Å². The summed E-state index contributed by atoms with van der Waals surface area (Å²) in [5.41, 5.74) is 1.10. The molecule has 0 bridgehead atoms. The van der Waals surface area contributed by atoms with Crippen molar-refractivity contribution in [1.82, 2.24) is 0 Å². The van der Waals surface area contributed by atoms with E-state index in [0.717, 1.165) is 0 Å². The van der Waals surface area contributed by atoms with Crippen LogP contribution in [0.25, 0.3) is 0 Å². The minimum atomic E-state index is 0.384. The Bertz CT molecular complexity index is 385. The van der Waals surface area contributed by atoms with Crippen LogP contribution < -0.4 is 5.32 Å². The molecule has 0 aromatic heterocycles. The van der Waals surface area contributed by atoms with Gasteiger partial charge in [0.1, 0.15) is 6.07 Å². The summed E-state index contributed by atoms with van der Waals surface area (Å²) in [6.07, 6.45) is 5.08. The molecule has 0 aliphatic rings. The molecule has 0 heterocycles. The molecule has 0 atom stereocenters. The van der Waals surface area contributed by atoms with Crippen molar-refractivity contribution in [3.8, 4) is 18.4 Å². The van der Waals surface area contributed by atoms with Crippen LogP contribution in [0.2, 0.25) is 5.02 Å². The number of nitrogens with one attached hydrogen (secondary N) is 1. The van der Waals surface area contributed by atoms with Crippen LogP contribution in [0.3, 0.4) is 0 Å². The van der Waals surface area contributed by atoms with Gasteiger partial charge >= 0.3 is 0 Å². The lowest BCUT2D eigenvalue weighted by atomic mass is 10.2. The molecule has 0 spiro atoms. The van der Waals surface area contributed by atoms with Crippen LogP contribution in [0.15, 0.2) is 18.2 Å². The Balaban J connectivity index is 3.02. The van der Waals surface area contributed by atoms with Crippen molar-refractivity contribution in [2.24, 2.45) is 0 Å². The molecule has 3 heteroatoms. The first kappa shape index (κ1) is 9.45. The van der Waals surface area contributed by atoms with Crippen molar-refractivity contribution >= 4 is 17.3 Å². The number of hydrogen-bond acceptors (Lipinski definition) is 2. The maximum atomic E-state index is 8.77. The fourth-order valence-electron chi connectivity index (χ4n) is 0.931. The zero-order valence-electron chi connectivity index (χ0n) is 6.84. The highest BCUT2D eigenvalue weighted by molar-refractivity contribution is 6.32. The quantitative estimate of drug-likeness (QED) is 0.727. The van der Waals surface area contributed by atoms with Crippen LogP contribution in [0.5, 0.6) is 0 Å². The van der Waals surface area contributed by atoms with Crippen molar-refractivity contribution < 1.29 is 0 Å². The van der Waals surface area contributed by atoms with Crippen LogP contribution >= 0.6 is 11.6 Å². The van der Waals surface area contributed by atoms with Gasteiger partial charge in [-0.3, -0.25) is 0 Å². The topological polar surface area (TPSA) is 35.8 Å². The number of nitriles is 1. The molecule has 13 heavy (non-hydrogen) atoms. The van der Waals surface area contributed by atoms with E-state index in [2.05, 4.69) is 11.2 Å². The van der Waals surface area contributed by atoms with Crippen LogP contribution in [-0.2, 0) is 0 Å². The maximum absolute atomic E-state index is 8.77. The predicted octanol–water partition coefficient (Wildman–Crippen LogP) is 2.26. The number of nitrogens with zero attached hydrogens (tertiary/aromatic N) is 1. The van der Waals surface area contributed by atoms with E-state index >= 15 is 0 Å². The molecule has 0 saturated heterocycles. The van der Waals surface area contributed by atoms with Gasteiger partial charge in [0.25, 0.3) is 0 Å². The molecule has 0 unspecified atom stereocenters. The van der Waals surface area contributed by atoms with E-state index in [-0.39, 0.29) is 0 Å². The van der Waals surface area contributed by atoms with Gasteiger partial charge in [-0.05, 0) is 12.1 Å². The molecule has 0 amide bonds. The second-order valence-electron chi connectivity index (χ2n) is 2.33. The van der Waals surface area contributed by atoms with E-state index in [1.165, 1.54) is 0 Å². The number of benzene rings is 1. The van der Waals surface area contributed by atoms with Gasteiger partial charge in [0, 0.05) is 0 Å². The number of terminal acetylenes is 1. The number of hydrogen-bond donors (Lipinski definition) is 1. The minimum absolute atomic E-state index is 0.384. The molecule has 1 rings (SSSR count). The summed E-state index contributed by atoms with van der Waals surface area (Å²) in [4.78, 5) is 0. The summed E-state index contributed by atoms with van der Waals surface area (Å²) < 4.78 is 0. The first-order valence-corrected chi connectivity index (χ1v) is 4.03. The van der Waals surface area contributed by atoms with Gasteiger partial charge in [0.05, 0.1) is 22.8 Å². The fraction of sp³-hybridized carbons (Fsp3) is 0.100. The molecule has 2 nitrogen and oxygen atoms in total. The number of halogens is 1. The number of rotatable bonds is 2. The molecule has 1 aromatic rings. The summed E-state index contributed by atoms with van der Waals surface area (Å²) in [6.45, 7) is 0.384. The van der Waals surface area contributed by atoms with Gasteiger partial charge in [-0.25, -0.2) is 0 Å².